The van der Waals surface area contributed by atoms with E-state index < -0.39 is 0 Å². The number of aliphatic hydroxyl groups excluding tert-OH is 1. The highest BCUT2D eigenvalue weighted by Gasteiger charge is 2.45. The van der Waals surface area contributed by atoms with E-state index in [1.807, 2.05) is 11.0 Å². The molecule has 1 unspecified atom stereocenters. The van der Waals surface area contributed by atoms with Gasteiger partial charge in [-0.1, -0.05) is 0 Å². The average Bonchev–Trinajstić information content (AvgIpc) is 3.62. The number of nitrogens with two attached hydrogens (primary N) is 1. The Morgan fingerprint density at radius 2 is 1.97 bits per heavy atom. The Balaban J connectivity index is 1.42. The number of aromatic amines is 1. The number of pyridine rings is 1. The van der Waals surface area contributed by atoms with Crippen LogP contribution in [0.1, 0.15) is 70.8 Å². The van der Waals surface area contributed by atoms with E-state index in [-0.39, 0.29) is 47.9 Å². The standard InChI is InChI=1S/C24H25N9O3/c1-12(35)19-20(14-5-16-2-3-17(6-14)32(16)24(36)22-27-11-28-31-22)30-23-18(9-29-33(23)21(19)25)15-4-13(10-34)7-26-8-15/h4,7-9,11,14,16-17,34H,2-3,5-6,10,25H2,1H3,(H,27,28,31)/t14?,16-,17+. The van der Waals surface area contributed by atoms with Gasteiger partial charge in [-0.2, -0.15) is 14.7 Å². The SMILES string of the molecule is CC(=O)c1c(C2C[C@H]3CC[C@@H](C2)N3C(=O)c2ncn[nH]2)nc2c(-c3cncc(CO)c3)cnn2c1N. The molecule has 4 aromatic rings. The molecule has 2 aliphatic rings. The molecule has 2 aliphatic heterocycles. The number of piperidine rings is 1. The minimum absolute atomic E-state index is 0.0141. The van der Waals surface area contributed by atoms with Gasteiger partial charge in [0.2, 0.25) is 5.82 Å². The number of Topliss-reactive ketones (excluding diaryl/α,β-unsaturated/α-hetero) is 1. The summed E-state index contributed by atoms with van der Waals surface area (Å²) in [6.45, 7) is 1.35. The summed E-state index contributed by atoms with van der Waals surface area (Å²) in [6.07, 6.45) is 9.36. The smallest absolute Gasteiger partial charge is 0.291 e. The number of nitrogen functional groups attached to an aromatic ring is 1. The highest BCUT2D eigenvalue weighted by molar-refractivity contribution is 6.00. The number of aromatic nitrogens is 7. The van der Waals surface area contributed by atoms with Crippen LogP contribution in [0.15, 0.2) is 31.0 Å². The molecule has 6 rings (SSSR count). The van der Waals surface area contributed by atoms with E-state index in [1.165, 1.54) is 17.8 Å². The molecule has 6 heterocycles. The Kier molecular flexibility index (Phi) is 5.25. The molecule has 12 heteroatoms. The zero-order chi connectivity index (χ0) is 25.0. The quantitative estimate of drug-likeness (QED) is 0.355. The molecule has 2 saturated heterocycles. The maximum Gasteiger partial charge on any atom is 0.291 e. The molecule has 0 aromatic carbocycles. The van der Waals surface area contributed by atoms with E-state index in [2.05, 4.69) is 25.3 Å². The second kappa shape index (κ2) is 8.48. The van der Waals surface area contributed by atoms with Crippen LogP contribution in [0.4, 0.5) is 5.82 Å². The molecule has 0 aliphatic carbocycles. The number of nitrogens with one attached hydrogen (secondary N) is 1. The Bertz CT molecular complexity index is 1470. The van der Waals surface area contributed by atoms with Crippen LogP contribution in [0.3, 0.4) is 0 Å². The van der Waals surface area contributed by atoms with E-state index in [9.17, 15) is 14.7 Å². The van der Waals surface area contributed by atoms with E-state index in [0.717, 1.165) is 18.4 Å². The minimum Gasteiger partial charge on any atom is -0.392 e. The topological polar surface area (TPSA) is 168 Å². The molecule has 0 radical (unpaired) electrons. The zero-order valence-corrected chi connectivity index (χ0v) is 19.6. The van der Waals surface area contributed by atoms with Gasteiger partial charge in [0.15, 0.2) is 11.4 Å². The largest absolute Gasteiger partial charge is 0.392 e. The summed E-state index contributed by atoms with van der Waals surface area (Å²) in [6, 6.07) is 1.86. The van der Waals surface area contributed by atoms with Crippen molar-refractivity contribution in [2.24, 2.45) is 0 Å². The van der Waals surface area contributed by atoms with Crippen molar-refractivity contribution in [1.29, 1.82) is 0 Å². The van der Waals surface area contributed by atoms with Gasteiger partial charge < -0.3 is 15.7 Å². The van der Waals surface area contributed by atoms with Crippen molar-refractivity contribution in [3.8, 4) is 11.1 Å². The molecule has 3 atom stereocenters. The molecule has 4 N–H and O–H groups in total. The highest BCUT2D eigenvalue weighted by atomic mass is 16.3. The van der Waals surface area contributed by atoms with Crippen molar-refractivity contribution >= 4 is 23.2 Å². The summed E-state index contributed by atoms with van der Waals surface area (Å²) < 4.78 is 1.48. The predicted molar refractivity (Wildman–Crippen MR) is 128 cm³/mol. The van der Waals surface area contributed by atoms with Gasteiger partial charge in [-0.25, -0.2) is 9.97 Å². The summed E-state index contributed by atoms with van der Waals surface area (Å²) >= 11 is 0. The summed E-state index contributed by atoms with van der Waals surface area (Å²) in [5.41, 5.74) is 10.2. The molecular formula is C24H25N9O3. The number of ketones is 1. The van der Waals surface area contributed by atoms with Crippen molar-refractivity contribution in [3.05, 3.63) is 53.6 Å². The fourth-order valence-corrected chi connectivity index (χ4v) is 5.78. The summed E-state index contributed by atoms with van der Waals surface area (Å²) in [7, 11) is 0. The lowest BCUT2D eigenvalue weighted by Gasteiger charge is -2.38. The van der Waals surface area contributed by atoms with E-state index in [0.29, 0.717) is 40.9 Å². The van der Waals surface area contributed by atoms with Crippen molar-refractivity contribution < 1.29 is 14.7 Å². The van der Waals surface area contributed by atoms with Crippen LogP contribution in [-0.2, 0) is 6.61 Å². The van der Waals surface area contributed by atoms with Crippen molar-refractivity contribution in [1.82, 2.24) is 39.7 Å². The number of H-pyrrole nitrogens is 1. The van der Waals surface area contributed by atoms with Gasteiger partial charge >= 0.3 is 0 Å². The first-order valence-electron chi connectivity index (χ1n) is 11.9. The van der Waals surface area contributed by atoms with Crippen molar-refractivity contribution in [3.63, 3.8) is 0 Å². The number of carbonyl (C=O) groups is 2. The van der Waals surface area contributed by atoms with Crippen LogP contribution in [0.5, 0.6) is 0 Å². The number of amides is 1. The fraction of sp³-hybridized carbons (Fsp3) is 0.375. The number of carbonyl (C=O) groups excluding carboxylic acids is 2. The van der Waals surface area contributed by atoms with Gasteiger partial charge in [-0.15, -0.1) is 0 Å². The molecule has 4 aromatic heterocycles. The van der Waals surface area contributed by atoms with Crippen LogP contribution in [0, 0.1) is 0 Å². The molecule has 2 fully saturated rings. The lowest BCUT2D eigenvalue weighted by Crippen LogP contribution is -2.46. The van der Waals surface area contributed by atoms with E-state index in [4.69, 9.17) is 10.7 Å². The Morgan fingerprint density at radius 1 is 1.19 bits per heavy atom. The van der Waals surface area contributed by atoms with Gasteiger partial charge in [0, 0.05) is 41.5 Å². The highest BCUT2D eigenvalue weighted by Crippen LogP contribution is 2.45. The van der Waals surface area contributed by atoms with Gasteiger partial charge in [-0.3, -0.25) is 19.7 Å². The maximum atomic E-state index is 13.1. The Morgan fingerprint density at radius 3 is 2.64 bits per heavy atom. The first-order chi connectivity index (χ1) is 17.5. The van der Waals surface area contributed by atoms with Gasteiger partial charge in [0.25, 0.3) is 5.91 Å². The molecule has 0 saturated carbocycles. The number of nitrogens with zero attached hydrogens (tertiary/aromatic N) is 7. The molecule has 1 amide bonds. The molecule has 12 nitrogen and oxygen atoms in total. The van der Waals surface area contributed by atoms with Crippen LogP contribution in [0.25, 0.3) is 16.8 Å². The molecule has 184 valence electrons. The van der Waals surface area contributed by atoms with Crippen molar-refractivity contribution in [2.45, 2.75) is 57.2 Å². The first-order valence-corrected chi connectivity index (χ1v) is 11.9. The van der Waals surface area contributed by atoms with Crippen LogP contribution in [-0.4, -0.2) is 68.5 Å². The number of anilines is 1. The maximum absolute atomic E-state index is 13.1. The van der Waals surface area contributed by atoms with Crippen LogP contribution in [0.2, 0.25) is 0 Å². The number of aliphatic hydroxyl groups is 1. The normalized spacial score (nSPS) is 21.3. The lowest BCUT2D eigenvalue weighted by molar-refractivity contribution is 0.0556. The monoisotopic (exact) mass is 487 g/mol. The number of rotatable bonds is 5. The second-order valence-electron chi connectivity index (χ2n) is 9.45. The molecule has 0 spiro atoms. The zero-order valence-electron chi connectivity index (χ0n) is 19.6. The second-order valence-corrected chi connectivity index (χ2v) is 9.45. The predicted octanol–water partition coefficient (Wildman–Crippen LogP) is 1.74. The minimum atomic E-state index is -0.176. The summed E-state index contributed by atoms with van der Waals surface area (Å²) in [4.78, 5) is 40.9. The average molecular weight is 488 g/mol. The fourth-order valence-electron chi connectivity index (χ4n) is 5.78. The van der Waals surface area contributed by atoms with Crippen LogP contribution >= 0.6 is 0 Å². The van der Waals surface area contributed by atoms with Gasteiger partial charge in [0.05, 0.1) is 24.1 Å². The molecular weight excluding hydrogens is 462 g/mol. The lowest BCUT2D eigenvalue weighted by atomic mass is 9.85. The third kappa shape index (κ3) is 3.44. The van der Waals surface area contributed by atoms with E-state index >= 15 is 0 Å². The molecule has 2 bridgehead atoms. The summed E-state index contributed by atoms with van der Waals surface area (Å²) in [5, 5.41) is 20.4. The van der Waals surface area contributed by atoms with Gasteiger partial charge in [-0.05, 0) is 44.2 Å². The van der Waals surface area contributed by atoms with Crippen molar-refractivity contribution in [2.75, 3.05) is 5.73 Å². The number of hydrogen-bond donors (Lipinski definition) is 3. The van der Waals surface area contributed by atoms with Crippen LogP contribution < -0.4 is 5.73 Å². The Labute approximate surface area is 205 Å². The van der Waals surface area contributed by atoms with E-state index in [1.54, 1.807) is 18.6 Å². The number of fused-ring (bicyclic) bond motifs is 3. The number of hydrogen-bond acceptors (Lipinski definition) is 9. The third-order valence-electron chi connectivity index (χ3n) is 7.32. The summed E-state index contributed by atoms with van der Waals surface area (Å²) in [5.74, 6) is 0.110. The molecule has 36 heavy (non-hydrogen) atoms. The Hall–Kier alpha value is -4.19. The van der Waals surface area contributed by atoms with Gasteiger partial charge in [0.1, 0.15) is 12.1 Å². The first kappa shape index (κ1) is 22.3. The third-order valence-corrected chi connectivity index (χ3v) is 7.32.